The first-order chi connectivity index (χ1) is 10.5. The third-order valence-corrected chi connectivity index (χ3v) is 3.74. The first kappa shape index (κ1) is 16.6. The lowest BCUT2D eigenvalue weighted by Crippen LogP contribution is -2.19. The Balaban J connectivity index is 2.11. The number of halogens is 1. The maximum Gasteiger partial charge on any atom is 0.175 e. The molecule has 0 radical (unpaired) electrons. The zero-order valence-corrected chi connectivity index (χ0v) is 15.0. The van der Waals surface area contributed by atoms with E-state index < -0.39 is 0 Å². The van der Waals surface area contributed by atoms with Gasteiger partial charge in [0.2, 0.25) is 0 Å². The van der Waals surface area contributed by atoms with Crippen molar-refractivity contribution in [1.29, 1.82) is 0 Å². The number of anilines is 2. The highest BCUT2D eigenvalue weighted by molar-refractivity contribution is 9.10. The van der Waals surface area contributed by atoms with Gasteiger partial charge in [0.05, 0.1) is 14.2 Å². The summed E-state index contributed by atoms with van der Waals surface area (Å²) in [6, 6.07) is 11.5. The number of ether oxygens (including phenoxy) is 2. The zero-order valence-electron chi connectivity index (χ0n) is 12.6. The molecule has 0 saturated heterocycles. The quantitative estimate of drug-likeness (QED) is 0.759. The van der Waals surface area contributed by atoms with E-state index in [2.05, 4.69) is 26.6 Å². The summed E-state index contributed by atoms with van der Waals surface area (Å²) in [6.45, 7) is 2.02. The molecule has 116 valence electrons. The number of hydrogen-bond donors (Lipinski definition) is 2. The molecular weight excluding hydrogens is 364 g/mol. The van der Waals surface area contributed by atoms with Crippen LogP contribution in [0.1, 0.15) is 5.56 Å². The molecule has 0 bridgehead atoms. The maximum absolute atomic E-state index is 5.35. The SMILES string of the molecule is COc1cc(NC(=S)Nc2ccc(Br)cc2C)cc(OC)c1. The average Bonchev–Trinajstić information content (AvgIpc) is 2.49. The van der Waals surface area contributed by atoms with Crippen LogP contribution in [0.5, 0.6) is 11.5 Å². The fourth-order valence-electron chi connectivity index (χ4n) is 1.93. The fraction of sp³-hybridized carbons (Fsp3) is 0.188. The second kappa shape index (κ2) is 7.47. The van der Waals surface area contributed by atoms with E-state index in [0.717, 1.165) is 21.4 Å². The topological polar surface area (TPSA) is 42.5 Å². The van der Waals surface area contributed by atoms with Crippen molar-refractivity contribution < 1.29 is 9.47 Å². The summed E-state index contributed by atoms with van der Waals surface area (Å²) in [6.07, 6.45) is 0. The van der Waals surface area contributed by atoms with Gasteiger partial charge in [0.25, 0.3) is 0 Å². The molecule has 22 heavy (non-hydrogen) atoms. The van der Waals surface area contributed by atoms with Crippen molar-refractivity contribution in [2.75, 3.05) is 24.9 Å². The van der Waals surface area contributed by atoms with Gasteiger partial charge in [0, 0.05) is 34.0 Å². The van der Waals surface area contributed by atoms with Crippen LogP contribution in [0, 0.1) is 6.92 Å². The van der Waals surface area contributed by atoms with E-state index in [1.54, 1.807) is 20.3 Å². The van der Waals surface area contributed by atoms with Gasteiger partial charge in [-0.2, -0.15) is 0 Å². The fourth-order valence-corrected chi connectivity index (χ4v) is 2.63. The third-order valence-electron chi connectivity index (χ3n) is 3.05. The molecule has 0 aliphatic heterocycles. The maximum atomic E-state index is 5.35. The molecule has 0 aliphatic carbocycles. The summed E-state index contributed by atoms with van der Waals surface area (Å²) < 4.78 is 11.5. The molecule has 0 fully saturated rings. The molecule has 0 heterocycles. The van der Waals surface area contributed by atoms with Gasteiger partial charge >= 0.3 is 0 Å². The minimum atomic E-state index is 0.501. The van der Waals surface area contributed by atoms with Gasteiger partial charge in [0.1, 0.15) is 11.5 Å². The summed E-state index contributed by atoms with van der Waals surface area (Å²) in [5.74, 6) is 1.40. The van der Waals surface area contributed by atoms with Crippen LogP contribution in [0.4, 0.5) is 11.4 Å². The lowest BCUT2D eigenvalue weighted by Gasteiger charge is -2.14. The summed E-state index contributed by atoms with van der Waals surface area (Å²) in [4.78, 5) is 0. The molecule has 0 spiro atoms. The van der Waals surface area contributed by atoms with Crippen LogP contribution in [0.3, 0.4) is 0 Å². The predicted molar refractivity (Wildman–Crippen MR) is 98.3 cm³/mol. The molecule has 2 N–H and O–H groups in total. The van der Waals surface area contributed by atoms with Crippen molar-refractivity contribution in [2.45, 2.75) is 6.92 Å². The van der Waals surface area contributed by atoms with Gasteiger partial charge in [-0.25, -0.2) is 0 Å². The minimum Gasteiger partial charge on any atom is -0.497 e. The van der Waals surface area contributed by atoms with Crippen molar-refractivity contribution in [3.63, 3.8) is 0 Å². The molecule has 0 aromatic heterocycles. The van der Waals surface area contributed by atoms with Crippen LogP contribution in [0.2, 0.25) is 0 Å². The van der Waals surface area contributed by atoms with Crippen LogP contribution in [-0.2, 0) is 0 Å². The van der Waals surface area contributed by atoms with Crippen molar-refractivity contribution in [2.24, 2.45) is 0 Å². The Morgan fingerprint density at radius 1 is 1.00 bits per heavy atom. The summed E-state index contributed by atoms with van der Waals surface area (Å²) in [5, 5.41) is 6.81. The minimum absolute atomic E-state index is 0.501. The van der Waals surface area contributed by atoms with Crippen LogP contribution < -0.4 is 20.1 Å². The summed E-state index contributed by atoms with van der Waals surface area (Å²) in [5.41, 5.74) is 2.85. The van der Waals surface area contributed by atoms with E-state index in [0.29, 0.717) is 16.6 Å². The lowest BCUT2D eigenvalue weighted by atomic mass is 10.2. The molecule has 0 unspecified atom stereocenters. The number of aryl methyl sites for hydroxylation is 1. The lowest BCUT2D eigenvalue weighted by molar-refractivity contribution is 0.395. The average molecular weight is 381 g/mol. The molecule has 0 saturated carbocycles. The van der Waals surface area contributed by atoms with Crippen LogP contribution in [0.25, 0.3) is 0 Å². The molecule has 0 amide bonds. The molecule has 0 aliphatic rings. The third kappa shape index (κ3) is 4.35. The van der Waals surface area contributed by atoms with E-state index in [9.17, 15) is 0 Å². The highest BCUT2D eigenvalue weighted by Gasteiger charge is 2.05. The van der Waals surface area contributed by atoms with Gasteiger partial charge in [-0.15, -0.1) is 0 Å². The number of thiocarbonyl (C=S) groups is 1. The van der Waals surface area contributed by atoms with E-state index in [-0.39, 0.29) is 0 Å². The smallest absolute Gasteiger partial charge is 0.175 e. The normalized spacial score (nSPS) is 10.0. The Morgan fingerprint density at radius 2 is 1.64 bits per heavy atom. The molecule has 0 atom stereocenters. The van der Waals surface area contributed by atoms with Crippen molar-refractivity contribution in [1.82, 2.24) is 0 Å². The number of benzene rings is 2. The highest BCUT2D eigenvalue weighted by Crippen LogP contribution is 2.26. The largest absolute Gasteiger partial charge is 0.497 e. The molecule has 4 nitrogen and oxygen atoms in total. The first-order valence-electron chi connectivity index (χ1n) is 6.59. The van der Waals surface area contributed by atoms with Crippen molar-refractivity contribution in [3.8, 4) is 11.5 Å². The molecule has 6 heteroatoms. The molecular formula is C16H17BrN2O2S. The molecule has 2 aromatic carbocycles. The summed E-state index contributed by atoms with van der Waals surface area (Å²) in [7, 11) is 3.22. The second-order valence-electron chi connectivity index (χ2n) is 4.64. The Labute approximate surface area is 144 Å². The van der Waals surface area contributed by atoms with Gasteiger partial charge in [-0.1, -0.05) is 15.9 Å². The van der Waals surface area contributed by atoms with Crippen LogP contribution in [0.15, 0.2) is 40.9 Å². The zero-order chi connectivity index (χ0) is 16.1. The standard InChI is InChI=1S/C16H17BrN2O2S/c1-10-6-11(17)4-5-15(10)19-16(22)18-12-7-13(20-2)9-14(8-12)21-3/h4-9H,1-3H3,(H2,18,19,22). The monoisotopic (exact) mass is 380 g/mol. The van der Waals surface area contributed by atoms with E-state index >= 15 is 0 Å². The van der Waals surface area contributed by atoms with Gasteiger partial charge in [-0.05, 0) is 42.9 Å². The number of rotatable bonds is 4. The van der Waals surface area contributed by atoms with E-state index in [1.807, 2.05) is 37.3 Å². The van der Waals surface area contributed by atoms with Crippen molar-refractivity contribution in [3.05, 3.63) is 46.4 Å². The first-order valence-corrected chi connectivity index (χ1v) is 7.79. The molecule has 2 rings (SSSR count). The Bertz CT molecular complexity index is 670. The Kier molecular flexibility index (Phi) is 5.63. The van der Waals surface area contributed by atoms with Crippen LogP contribution in [-0.4, -0.2) is 19.3 Å². The van der Waals surface area contributed by atoms with Gasteiger partial charge < -0.3 is 20.1 Å². The van der Waals surface area contributed by atoms with Crippen molar-refractivity contribution >= 4 is 44.6 Å². The Morgan fingerprint density at radius 3 is 2.18 bits per heavy atom. The van der Waals surface area contributed by atoms with Crippen LogP contribution >= 0.6 is 28.1 Å². The van der Waals surface area contributed by atoms with E-state index in [4.69, 9.17) is 21.7 Å². The highest BCUT2D eigenvalue weighted by atomic mass is 79.9. The second-order valence-corrected chi connectivity index (χ2v) is 5.96. The van der Waals surface area contributed by atoms with E-state index in [1.165, 1.54) is 0 Å². The molecule has 2 aromatic rings. The predicted octanol–water partition coefficient (Wildman–Crippen LogP) is 4.58. The van der Waals surface area contributed by atoms with Gasteiger partial charge in [-0.3, -0.25) is 0 Å². The summed E-state index contributed by atoms with van der Waals surface area (Å²) >= 11 is 8.80. The number of hydrogen-bond acceptors (Lipinski definition) is 3. The number of methoxy groups -OCH3 is 2. The number of nitrogens with one attached hydrogen (secondary N) is 2. The Hall–Kier alpha value is -1.79. The van der Waals surface area contributed by atoms with Gasteiger partial charge in [0.15, 0.2) is 5.11 Å².